The van der Waals surface area contributed by atoms with Gasteiger partial charge in [0.05, 0.1) is 29.6 Å². The SMILES string of the molecule is COc1ccc(CSCC(=O)N/N=C\c2ccccc2[N+](=O)[O-])cc1. The van der Waals surface area contributed by atoms with Gasteiger partial charge < -0.3 is 4.74 Å². The molecular formula is C17H17N3O4S. The van der Waals surface area contributed by atoms with E-state index in [9.17, 15) is 14.9 Å². The number of nitro benzene ring substituents is 1. The van der Waals surface area contributed by atoms with Crippen molar-refractivity contribution in [2.45, 2.75) is 5.75 Å². The Kier molecular flexibility index (Phi) is 6.97. The van der Waals surface area contributed by atoms with Gasteiger partial charge in [0.1, 0.15) is 5.75 Å². The maximum Gasteiger partial charge on any atom is 0.278 e. The van der Waals surface area contributed by atoms with Crippen LogP contribution in [0, 0.1) is 10.1 Å². The van der Waals surface area contributed by atoms with Crippen molar-refractivity contribution in [1.29, 1.82) is 0 Å². The molecule has 0 aliphatic heterocycles. The summed E-state index contributed by atoms with van der Waals surface area (Å²) < 4.78 is 5.09. The fourth-order valence-corrected chi connectivity index (χ4v) is 2.73. The molecule has 0 saturated carbocycles. The molecular weight excluding hydrogens is 342 g/mol. The quantitative estimate of drug-likeness (QED) is 0.444. The summed E-state index contributed by atoms with van der Waals surface area (Å²) in [6, 6.07) is 13.8. The predicted octanol–water partition coefficient (Wildman–Crippen LogP) is 2.99. The van der Waals surface area contributed by atoms with Crippen LogP contribution in [0.15, 0.2) is 53.6 Å². The summed E-state index contributed by atoms with van der Waals surface area (Å²) in [6.07, 6.45) is 1.27. The van der Waals surface area contributed by atoms with Crippen molar-refractivity contribution in [3.05, 3.63) is 69.8 Å². The number of benzene rings is 2. The minimum atomic E-state index is -0.492. The van der Waals surface area contributed by atoms with Crippen LogP contribution in [0.5, 0.6) is 5.75 Å². The second kappa shape index (κ2) is 9.43. The van der Waals surface area contributed by atoms with Gasteiger partial charge in [0.25, 0.3) is 5.69 Å². The number of ether oxygens (including phenoxy) is 1. The summed E-state index contributed by atoms with van der Waals surface area (Å²) in [5.74, 6) is 1.44. The van der Waals surface area contributed by atoms with Gasteiger partial charge in [0.15, 0.2) is 0 Å². The Morgan fingerprint density at radius 1 is 1.28 bits per heavy atom. The van der Waals surface area contributed by atoms with Crippen LogP contribution in [0.1, 0.15) is 11.1 Å². The minimum Gasteiger partial charge on any atom is -0.497 e. The highest BCUT2D eigenvalue weighted by molar-refractivity contribution is 7.99. The molecule has 1 N–H and O–H groups in total. The third kappa shape index (κ3) is 5.92. The first-order valence-electron chi connectivity index (χ1n) is 7.36. The third-order valence-electron chi connectivity index (χ3n) is 3.19. The van der Waals surface area contributed by atoms with Gasteiger partial charge in [-0.1, -0.05) is 24.3 Å². The van der Waals surface area contributed by atoms with E-state index < -0.39 is 4.92 Å². The molecule has 2 rings (SSSR count). The number of thioether (sulfide) groups is 1. The lowest BCUT2D eigenvalue weighted by molar-refractivity contribution is -0.385. The van der Waals surface area contributed by atoms with Crippen molar-refractivity contribution in [2.75, 3.05) is 12.9 Å². The van der Waals surface area contributed by atoms with E-state index in [1.807, 2.05) is 24.3 Å². The zero-order valence-corrected chi connectivity index (χ0v) is 14.4. The van der Waals surface area contributed by atoms with Crippen LogP contribution in [0.2, 0.25) is 0 Å². The molecule has 2 aromatic carbocycles. The minimum absolute atomic E-state index is 0.0608. The normalized spacial score (nSPS) is 10.6. The Labute approximate surface area is 149 Å². The second-order valence-corrected chi connectivity index (χ2v) is 5.94. The molecule has 2 aromatic rings. The van der Waals surface area contributed by atoms with Gasteiger partial charge in [-0.3, -0.25) is 14.9 Å². The molecule has 0 heterocycles. The Balaban J connectivity index is 1.78. The maximum atomic E-state index is 11.7. The molecule has 0 radical (unpaired) electrons. The number of rotatable bonds is 8. The summed E-state index contributed by atoms with van der Waals surface area (Å²) in [5.41, 5.74) is 3.73. The van der Waals surface area contributed by atoms with Gasteiger partial charge in [-0.15, -0.1) is 11.8 Å². The lowest BCUT2D eigenvalue weighted by Gasteiger charge is -2.03. The van der Waals surface area contributed by atoms with E-state index in [0.29, 0.717) is 11.3 Å². The summed E-state index contributed by atoms with van der Waals surface area (Å²) >= 11 is 1.45. The van der Waals surface area contributed by atoms with Crippen molar-refractivity contribution < 1.29 is 14.5 Å². The number of carbonyl (C=O) groups excluding carboxylic acids is 1. The smallest absolute Gasteiger partial charge is 0.278 e. The highest BCUT2D eigenvalue weighted by Gasteiger charge is 2.10. The number of hydrogen-bond donors (Lipinski definition) is 1. The van der Waals surface area contributed by atoms with E-state index in [1.165, 1.54) is 24.0 Å². The van der Waals surface area contributed by atoms with E-state index in [2.05, 4.69) is 10.5 Å². The number of hydrogen-bond acceptors (Lipinski definition) is 6. The fourth-order valence-electron chi connectivity index (χ4n) is 1.95. The maximum absolute atomic E-state index is 11.7. The largest absolute Gasteiger partial charge is 0.497 e. The van der Waals surface area contributed by atoms with Crippen LogP contribution < -0.4 is 10.2 Å². The van der Waals surface area contributed by atoms with Crippen LogP contribution in [0.3, 0.4) is 0 Å². The standard InChI is InChI=1S/C17H17N3O4S/c1-24-15-8-6-13(7-9-15)11-25-12-17(21)19-18-10-14-4-2-3-5-16(14)20(22)23/h2-10H,11-12H2,1H3,(H,19,21)/b18-10-. The lowest BCUT2D eigenvalue weighted by atomic mass is 10.2. The lowest BCUT2D eigenvalue weighted by Crippen LogP contribution is -2.19. The number of para-hydroxylation sites is 1. The van der Waals surface area contributed by atoms with Crippen molar-refractivity contribution >= 4 is 29.6 Å². The molecule has 0 bridgehead atoms. The zero-order valence-electron chi connectivity index (χ0n) is 13.5. The molecule has 0 saturated heterocycles. The van der Waals surface area contributed by atoms with Crippen molar-refractivity contribution in [1.82, 2.24) is 5.43 Å². The molecule has 0 unspecified atom stereocenters. The van der Waals surface area contributed by atoms with Gasteiger partial charge in [0, 0.05) is 11.8 Å². The van der Waals surface area contributed by atoms with Gasteiger partial charge in [-0.25, -0.2) is 5.43 Å². The monoisotopic (exact) mass is 359 g/mol. The van der Waals surface area contributed by atoms with E-state index in [-0.39, 0.29) is 17.3 Å². The summed E-state index contributed by atoms with van der Waals surface area (Å²) in [6.45, 7) is 0. The Hall–Kier alpha value is -2.87. The van der Waals surface area contributed by atoms with E-state index >= 15 is 0 Å². The molecule has 0 aromatic heterocycles. The van der Waals surface area contributed by atoms with Crippen molar-refractivity contribution in [2.24, 2.45) is 5.10 Å². The van der Waals surface area contributed by atoms with Gasteiger partial charge in [-0.2, -0.15) is 5.10 Å². The van der Waals surface area contributed by atoms with E-state index in [0.717, 1.165) is 11.3 Å². The molecule has 0 spiro atoms. The Bertz CT molecular complexity index is 763. The number of nitrogens with one attached hydrogen (secondary N) is 1. The summed E-state index contributed by atoms with van der Waals surface area (Å²) in [4.78, 5) is 22.1. The molecule has 0 atom stereocenters. The average molecular weight is 359 g/mol. The predicted molar refractivity (Wildman–Crippen MR) is 98.0 cm³/mol. The number of hydrazone groups is 1. The highest BCUT2D eigenvalue weighted by Crippen LogP contribution is 2.17. The van der Waals surface area contributed by atoms with Crippen LogP contribution >= 0.6 is 11.8 Å². The zero-order chi connectivity index (χ0) is 18.1. The Morgan fingerprint density at radius 3 is 2.68 bits per heavy atom. The molecule has 0 fully saturated rings. The number of methoxy groups -OCH3 is 1. The van der Waals surface area contributed by atoms with Crippen LogP contribution in [-0.4, -0.2) is 29.9 Å². The molecule has 0 aliphatic carbocycles. The number of carbonyl (C=O) groups is 1. The highest BCUT2D eigenvalue weighted by atomic mass is 32.2. The summed E-state index contributed by atoms with van der Waals surface area (Å²) in [7, 11) is 1.61. The molecule has 0 aliphatic rings. The van der Waals surface area contributed by atoms with Crippen molar-refractivity contribution in [3.63, 3.8) is 0 Å². The number of nitro groups is 1. The van der Waals surface area contributed by atoms with Gasteiger partial charge >= 0.3 is 0 Å². The fraction of sp³-hybridized carbons (Fsp3) is 0.176. The Morgan fingerprint density at radius 2 is 2.00 bits per heavy atom. The second-order valence-electron chi connectivity index (χ2n) is 4.95. The van der Waals surface area contributed by atoms with Gasteiger partial charge in [0.2, 0.25) is 5.91 Å². The van der Waals surface area contributed by atoms with Gasteiger partial charge in [-0.05, 0) is 23.8 Å². The van der Waals surface area contributed by atoms with Crippen LogP contribution in [-0.2, 0) is 10.5 Å². The first kappa shape index (κ1) is 18.5. The van der Waals surface area contributed by atoms with E-state index in [1.54, 1.807) is 25.3 Å². The molecule has 8 heteroatoms. The topological polar surface area (TPSA) is 93.8 Å². The van der Waals surface area contributed by atoms with Crippen molar-refractivity contribution in [3.8, 4) is 5.75 Å². The number of amides is 1. The number of nitrogens with zero attached hydrogens (tertiary/aromatic N) is 2. The first-order chi connectivity index (χ1) is 12.1. The molecule has 25 heavy (non-hydrogen) atoms. The molecule has 7 nitrogen and oxygen atoms in total. The van der Waals surface area contributed by atoms with Crippen LogP contribution in [0.25, 0.3) is 0 Å². The third-order valence-corrected chi connectivity index (χ3v) is 4.19. The molecule has 1 amide bonds. The first-order valence-corrected chi connectivity index (χ1v) is 8.51. The summed E-state index contributed by atoms with van der Waals surface area (Å²) in [5, 5.41) is 14.7. The van der Waals surface area contributed by atoms with E-state index in [4.69, 9.17) is 4.74 Å². The molecule has 130 valence electrons. The average Bonchev–Trinajstić information content (AvgIpc) is 2.62. The van der Waals surface area contributed by atoms with Crippen LogP contribution in [0.4, 0.5) is 5.69 Å².